The van der Waals surface area contributed by atoms with Gasteiger partial charge in [-0.1, -0.05) is 48.5 Å². The van der Waals surface area contributed by atoms with Crippen LogP contribution in [0.4, 0.5) is 5.69 Å². The number of nitrogens with zero attached hydrogens (tertiary/aromatic N) is 3. The Morgan fingerprint density at radius 3 is 2.56 bits per heavy atom. The smallest absolute Gasteiger partial charge is 0.241 e. The molecule has 0 bridgehead atoms. The van der Waals surface area contributed by atoms with Gasteiger partial charge in [-0.15, -0.1) is 0 Å². The lowest BCUT2D eigenvalue weighted by atomic mass is 10.0. The van der Waals surface area contributed by atoms with Crippen molar-refractivity contribution in [2.75, 3.05) is 24.5 Å². The van der Waals surface area contributed by atoms with Crippen LogP contribution in [-0.2, 0) is 11.3 Å². The van der Waals surface area contributed by atoms with E-state index in [1.165, 1.54) is 0 Å². The van der Waals surface area contributed by atoms with Gasteiger partial charge in [-0.3, -0.25) is 9.69 Å². The van der Waals surface area contributed by atoms with Crippen molar-refractivity contribution < 1.29 is 4.79 Å². The van der Waals surface area contributed by atoms with Crippen molar-refractivity contribution in [2.45, 2.75) is 6.54 Å². The summed E-state index contributed by atoms with van der Waals surface area (Å²) in [7, 11) is 0. The number of aromatic amines is 1. The van der Waals surface area contributed by atoms with Crippen LogP contribution in [0.25, 0.3) is 11.1 Å². The second-order valence-electron chi connectivity index (χ2n) is 6.22. The monoisotopic (exact) mass is 332 g/mol. The van der Waals surface area contributed by atoms with Crippen molar-refractivity contribution in [3.63, 3.8) is 0 Å². The molecule has 0 spiro atoms. The fourth-order valence-electron chi connectivity index (χ4n) is 3.29. The maximum absolute atomic E-state index is 12.8. The minimum atomic E-state index is 0.133. The second-order valence-corrected chi connectivity index (χ2v) is 6.22. The number of imidazole rings is 1. The predicted octanol–water partition coefficient (Wildman–Crippen LogP) is 2.93. The van der Waals surface area contributed by atoms with E-state index in [4.69, 9.17) is 0 Å². The van der Waals surface area contributed by atoms with E-state index in [2.05, 4.69) is 33.1 Å². The zero-order valence-electron chi connectivity index (χ0n) is 13.9. The molecule has 1 amide bonds. The van der Waals surface area contributed by atoms with E-state index in [1.54, 1.807) is 6.33 Å². The highest BCUT2D eigenvalue weighted by Crippen LogP contribution is 2.31. The van der Waals surface area contributed by atoms with Crippen LogP contribution in [0.15, 0.2) is 67.1 Å². The van der Waals surface area contributed by atoms with Crippen LogP contribution in [0.1, 0.15) is 5.69 Å². The predicted molar refractivity (Wildman–Crippen MR) is 98.1 cm³/mol. The molecule has 1 saturated heterocycles. The number of aromatic nitrogens is 2. The highest BCUT2D eigenvalue weighted by molar-refractivity contribution is 5.99. The largest absolute Gasteiger partial charge is 0.347 e. The first-order valence-electron chi connectivity index (χ1n) is 8.46. The summed E-state index contributed by atoms with van der Waals surface area (Å²) in [6.45, 7) is 2.67. The van der Waals surface area contributed by atoms with E-state index < -0.39 is 0 Å². The van der Waals surface area contributed by atoms with Crippen LogP contribution in [0.5, 0.6) is 0 Å². The van der Waals surface area contributed by atoms with Gasteiger partial charge in [-0.25, -0.2) is 4.98 Å². The Bertz CT molecular complexity index is 845. The number of H-pyrrole nitrogens is 1. The first kappa shape index (κ1) is 15.6. The molecule has 5 heteroatoms. The number of para-hydroxylation sites is 1. The molecular weight excluding hydrogens is 312 g/mol. The molecule has 1 fully saturated rings. The summed E-state index contributed by atoms with van der Waals surface area (Å²) in [5.41, 5.74) is 4.25. The number of amides is 1. The summed E-state index contributed by atoms with van der Waals surface area (Å²) in [6.07, 6.45) is 3.48. The normalized spacial score (nSPS) is 15.5. The maximum Gasteiger partial charge on any atom is 0.241 e. The molecular formula is C20H20N4O. The molecule has 1 aliphatic rings. The molecule has 0 aliphatic carbocycles. The summed E-state index contributed by atoms with van der Waals surface area (Å²) in [5, 5.41) is 0. The van der Waals surface area contributed by atoms with Crippen LogP contribution in [0, 0.1) is 0 Å². The van der Waals surface area contributed by atoms with Crippen LogP contribution < -0.4 is 4.90 Å². The van der Waals surface area contributed by atoms with Crippen molar-refractivity contribution in [1.82, 2.24) is 14.9 Å². The maximum atomic E-state index is 12.8. The Labute approximate surface area is 146 Å². The minimum absolute atomic E-state index is 0.133. The Kier molecular flexibility index (Phi) is 4.31. The van der Waals surface area contributed by atoms with Crippen LogP contribution in [-0.4, -0.2) is 40.4 Å². The fourth-order valence-corrected chi connectivity index (χ4v) is 3.29. The number of nitrogens with one attached hydrogen (secondary N) is 1. The molecule has 25 heavy (non-hydrogen) atoms. The van der Waals surface area contributed by atoms with Crippen LogP contribution in [0.2, 0.25) is 0 Å². The van der Waals surface area contributed by atoms with Gasteiger partial charge < -0.3 is 9.88 Å². The van der Waals surface area contributed by atoms with Crippen LogP contribution in [0.3, 0.4) is 0 Å². The number of carbonyl (C=O) groups excluding carboxylic acids is 1. The number of hydrogen-bond donors (Lipinski definition) is 1. The molecule has 2 heterocycles. The molecule has 0 saturated carbocycles. The van der Waals surface area contributed by atoms with Crippen molar-refractivity contribution in [2.24, 2.45) is 0 Å². The number of anilines is 1. The highest BCUT2D eigenvalue weighted by Gasteiger charge is 2.26. The van der Waals surface area contributed by atoms with E-state index in [1.807, 2.05) is 47.5 Å². The molecule has 3 aromatic rings. The summed E-state index contributed by atoms with van der Waals surface area (Å²) in [6, 6.07) is 18.3. The van der Waals surface area contributed by atoms with E-state index in [-0.39, 0.29) is 5.91 Å². The number of piperazine rings is 1. The average Bonchev–Trinajstić information content (AvgIpc) is 3.16. The SMILES string of the molecule is O=C1CN(Cc2cnc[nH]2)CCN1c1ccccc1-c1ccccc1. The first-order chi connectivity index (χ1) is 12.3. The lowest BCUT2D eigenvalue weighted by molar-refractivity contribution is -0.121. The number of hydrogen-bond acceptors (Lipinski definition) is 3. The number of benzene rings is 2. The van der Waals surface area contributed by atoms with Gasteiger partial charge in [-0.05, 0) is 11.6 Å². The topological polar surface area (TPSA) is 52.2 Å². The summed E-state index contributed by atoms with van der Waals surface area (Å²) in [4.78, 5) is 24.0. The second kappa shape index (κ2) is 6.91. The zero-order chi connectivity index (χ0) is 17.1. The van der Waals surface area contributed by atoms with E-state index >= 15 is 0 Å². The molecule has 1 aromatic heterocycles. The van der Waals surface area contributed by atoms with E-state index in [0.717, 1.165) is 35.6 Å². The lowest BCUT2D eigenvalue weighted by Crippen LogP contribution is -2.50. The molecule has 0 atom stereocenters. The molecule has 0 unspecified atom stereocenters. The molecule has 0 radical (unpaired) electrons. The summed E-state index contributed by atoms with van der Waals surface area (Å²) in [5.74, 6) is 0.133. The Hall–Kier alpha value is -2.92. The molecule has 4 rings (SSSR count). The third-order valence-corrected chi connectivity index (χ3v) is 4.53. The van der Waals surface area contributed by atoms with Crippen LogP contribution >= 0.6 is 0 Å². The van der Waals surface area contributed by atoms with E-state index in [9.17, 15) is 4.79 Å². The molecule has 5 nitrogen and oxygen atoms in total. The van der Waals surface area contributed by atoms with Crippen molar-refractivity contribution in [3.8, 4) is 11.1 Å². The van der Waals surface area contributed by atoms with Gasteiger partial charge in [0.05, 0.1) is 18.6 Å². The van der Waals surface area contributed by atoms with Gasteiger partial charge in [0.2, 0.25) is 5.91 Å². The Morgan fingerprint density at radius 1 is 1.00 bits per heavy atom. The van der Waals surface area contributed by atoms with Crippen molar-refractivity contribution >= 4 is 11.6 Å². The standard InChI is InChI=1S/C20H20N4O/c25-20-14-23(13-17-12-21-15-22-17)10-11-24(20)19-9-5-4-8-18(19)16-6-2-1-3-7-16/h1-9,12,15H,10-11,13-14H2,(H,21,22). The van der Waals surface area contributed by atoms with Gasteiger partial charge in [-0.2, -0.15) is 0 Å². The van der Waals surface area contributed by atoms with Crippen molar-refractivity contribution in [3.05, 3.63) is 72.8 Å². The molecule has 2 aromatic carbocycles. The molecule has 126 valence electrons. The first-order valence-corrected chi connectivity index (χ1v) is 8.46. The summed E-state index contributed by atoms with van der Waals surface area (Å²) < 4.78 is 0. The number of carbonyl (C=O) groups is 1. The average molecular weight is 332 g/mol. The van der Waals surface area contributed by atoms with Gasteiger partial charge in [0.1, 0.15) is 0 Å². The van der Waals surface area contributed by atoms with Gasteiger partial charge in [0.25, 0.3) is 0 Å². The van der Waals surface area contributed by atoms with Gasteiger partial charge in [0.15, 0.2) is 0 Å². The van der Waals surface area contributed by atoms with Gasteiger partial charge in [0, 0.05) is 37.1 Å². The Morgan fingerprint density at radius 2 is 1.80 bits per heavy atom. The summed E-state index contributed by atoms with van der Waals surface area (Å²) >= 11 is 0. The molecule has 1 N–H and O–H groups in total. The highest BCUT2D eigenvalue weighted by atomic mass is 16.2. The molecule has 1 aliphatic heterocycles. The van der Waals surface area contributed by atoms with Gasteiger partial charge >= 0.3 is 0 Å². The van der Waals surface area contributed by atoms with E-state index in [0.29, 0.717) is 13.1 Å². The third kappa shape index (κ3) is 3.32. The lowest BCUT2D eigenvalue weighted by Gasteiger charge is -2.35. The quantitative estimate of drug-likeness (QED) is 0.799. The minimum Gasteiger partial charge on any atom is -0.347 e. The van der Waals surface area contributed by atoms with Crippen molar-refractivity contribution in [1.29, 1.82) is 0 Å². The third-order valence-electron chi connectivity index (χ3n) is 4.53. The zero-order valence-corrected chi connectivity index (χ0v) is 13.9. The Balaban J connectivity index is 1.55. The fraction of sp³-hybridized carbons (Fsp3) is 0.200. The number of rotatable bonds is 4.